The Kier molecular flexibility index (Phi) is 4.32. The van der Waals surface area contributed by atoms with Crippen LogP contribution >= 0.6 is 11.3 Å². The largest absolute Gasteiger partial charge is 0.297 e. The van der Waals surface area contributed by atoms with Crippen LogP contribution < -0.4 is 5.56 Å². The Labute approximate surface area is 155 Å². The summed E-state index contributed by atoms with van der Waals surface area (Å²) >= 11 is 1.54. The minimum absolute atomic E-state index is 0.0119. The number of ketones is 1. The second-order valence-electron chi connectivity index (χ2n) is 6.88. The normalized spacial score (nSPS) is 13.1. The Morgan fingerprint density at radius 3 is 2.96 bits per heavy atom. The van der Waals surface area contributed by atoms with Crippen LogP contribution in [0.5, 0.6) is 0 Å². The topological polar surface area (TPSA) is 52.0 Å². The number of hydrogen-bond acceptors (Lipinski definition) is 4. The van der Waals surface area contributed by atoms with Gasteiger partial charge in [-0.15, -0.1) is 11.3 Å². The minimum atomic E-state index is -0.133. The van der Waals surface area contributed by atoms with E-state index < -0.39 is 0 Å². The molecule has 2 heterocycles. The molecule has 1 aromatic carbocycles. The van der Waals surface area contributed by atoms with Crippen molar-refractivity contribution in [1.29, 1.82) is 0 Å². The quantitative estimate of drug-likeness (QED) is 0.692. The monoisotopic (exact) mass is 364 g/mol. The fraction of sp³-hybridized carbons (Fsp3) is 0.286. The molecule has 0 aliphatic heterocycles. The number of fused-ring (bicyclic) bond motifs is 2. The number of nitrogens with zero attached hydrogens (tertiary/aromatic N) is 2. The van der Waals surface area contributed by atoms with Crippen molar-refractivity contribution in [2.45, 2.75) is 39.7 Å². The maximum Gasteiger partial charge on any atom is 0.262 e. The molecule has 0 fully saturated rings. The number of hydrogen-bond donors (Lipinski definition) is 0. The van der Waals surface area contributed by atoms with Gasteiger partial charge < -0.3 is 0 Å². The first-order chi connectivity index (χ1) is 12.5. The number of aryl methyl sites for hydroxylation is 1. The SMILES string of the molecule is CCc1cc2c(=O)n(CC(=O)Cc3ccc4c(c3)C=C(C)C4)cnc2s1. The van der Waals surface area contributed by atoms with Crippen LogP contribution in [0, 0.1) is 0 Å². The molecule has 0 bridgehead atoms. The van der Waals surface area contributed by atoms with E-state index in [0.717, 1.165) is 28.1 Å². The van der Waals surface area contributed by atoms with E-state index in [-0.39, 0.29) is 17.9 Å². The van der Waals surface area contributed by atoms with Gasteiger partial charge in [-0.3, -0.25) is 14.2 Å². The van der Waals surface area contributed by atoms with Gasteiger partial charge >= 0.3 is 0 Å². The van der Waals surface area contributed by atoms with E-state index in [1.54, 1.807) is 0 Å². The van der Waals surface area contributed by atoms with Gasteiger partial charge in [-0.2, -0.15) is 0 Å². The fourth-order valence-corrected chi connectivity index (χ4v) is 4.36. The number of aromatic nitrogens is 2. The lowest BCUT2D eigenvalue weighted by Crippen LogP contribution is -2.25. The summed E-state index contributed by atoms with van der Waals surface area (Å²) in [4.78, 5) is 31.3. The van der Waals surface area contributed by atoms with Crippen molar-refractivity contribution in [3.63, 3.8) is 0 Å². The molecule has 5 heteroatoms. The Hall–Kier alpha value is -2.53. The Balaban J connectivity index is 1.53. The second kappa shape index (κ2) is 6.65. The summed E-state index contributed by atoms with van der Waals surface area (Å²) in [5.74, 6) is 0.0119. The zero-order valence-corrected chi connectivity index (χ0v) is 15.7. The van der Waals surface area contributed by atoms with Gasteiger partial charge in [0.1, 0.15) is 4.83 Å². The van der Waals surface area contributed by atoms with E-state index in [1.165, 1.54) is 38.9 Å². The third-order valence-electron chi connectivity index (χ3n) is 4.75. The van der Waals surface area contributed by atoms with Gasteiger partial charge in [0, 0.05) is 11.3 Å². The third-order valence-corrected chi connectivity index (χ3v) is 5.93. The van der Waals surface area contributed by atoms with E-state index in [0.29, 0.717) is 11.8 Å². The zero-order valence-electron chi connectivity index (χ0n) is 14.9. The van der Waals surface area contributed by atoms with Crippen molar-refractivity contribution in [3.8, 4) is 0 Å². The highest BCUT2D eigenvalue weighted by Crippen LogP contribution is 2.25. The van der Waals surface area contributed by atoms with E-state index in [9.17, 15) is 9.59 Å². The summed E-state index contributed by atoms with van der Waals surface area (Å²) in [6.45, 7) is 4.24. The molecule has 2 aromatic heterocycles. The lowest BCUT2D eigenvalue weighted by molar-refractivity contribution is -0.119. The molecule has 26 heavy (non-hydrogen) atoms. The highest BCUT2D eigenvalue weighted by molar-refractivity contribution is 7.18. The van der Waals surface area contributed by atoms with Gasteiger partial charge in [0.05, 0.1) is 18.3 Å². The molecule has 0 N–H and O–H groups in total. The minimum Gasteiger partial charge on any atom is -0.297 e. The lowest BCUT2D eigenvalue weighted by Gasteiger charge is -2.06. The molecule has 0 saturated carbocycles. The smallest absolute Gasteiger partial charge is 0.262 e. The number of carbonyl (C=O) groups is 1. The van der Waals surface area contributed by atoms with Crippen LogP contribution in [0.1, 0.15) is 35.4 Å². The van der Waals surface area contributed by atoms with Crippen molar-refractivity contribution in [2.75, 3.05) is 0 Å². The molecule has 1 aliphatic carbocycles. The molecule has 1 aliphatic rings. The third kappa shape index (κ3) is 3.15. The highest BCUT2D eigenvalue weighted by atomic mass is 32.1. The van der Waals surface area contributed by atoms with Gasteiger partial charge in [-0.25, -0.2) is 4.98 Å². The van der Waals surface area contributed by atoms with Crippen molar-refractivity contribution in [2.24, 2.45) is 0 Å². The van der Waals surface area contributed by atoms with E-state index >= 15 is 0 Å². The van der Waals surface area contributed by atoms with Crippen LogP contribution in [0.2, 0.25) is 0 Å². The number of benzene rings is 1. The first-order valence-corrected chi connectivity index (χ1v) is 9.63. The maximum absolute atomic E-state index is 12.6. The average molecular weight is 364 g/mol. The molecular weight excluding hydrogens is 344 g/mol. The number of thiophene rings is 1. The predicted octanol–water partition coefficient (Wildman–Crippen LogP) is 3.79. The molecule has 4 nitrogen and oxygen atoms in total. The summed E-state index contributed by atoms with van der Waals surface area (Å²) in [6.07, 6.45) is 5.87. The summed E-state index contributed by atoms with van der Waals surface area (Å²) in [7, 11) is 0. The van der Waals surface area contributed by atoms with Crippen molar-refractivity contribution >= 4 is 33.4 Å². The van der Waals surface area contributed by atoms with Gasteiger partial charge in [0.2, 0.25) is 0 Å². The van der Waals surface area contributed by atoms with E-state index in [2.05, 4.69) is 37.0 Å². The number of rotatable bonds is 5. The van der Waals surface area contributed by atoms with Crippen molar-refractivity contribution in [3.05, 3.63) is 68.1 Å². The standard InChI is InChI=1S/C21H20N2O2S/c1-3-18-10-19-20(26-18)22-12-23(21(19)25)11-17(24)9-14-4-5-15-6-13(2)7-16(15)8-14/h4-5,7-8,10,12H,3,6,9,11H2,1-2H3. The van der Waals surface area contributed by atoms with Gasteiger partial charge in [0.15, 0.2) is 5.78 Å². The van der Waals surface area contributed by atoms with E-state index in [1.807, 2.05) is 12.1 Å². The molecule has 0 spiro atoms. The van der Waals surface area contributed by atoms with E-state index in [4.69, 9.17) is 0 Å². The molecule has 0 amide bonds. The molecule has 0 saturated heterocycles. The lowest BCUT2D eigenvalue weighted by atomic mass is 10.0. The Bertz CT molecular complexity index is 1100. The highest BCUT2D eigenvalue weighted by Gasteiger charge is 2.14. The summed E-state index contributed by atoms with van der Waals surface area (Å²) in [5, 5.41) is 0.611. The maximum atomic E-state index is 12.6. The average Bonchev–Trinajstić information content (AvgIpc) is 3.19. The molecule has 4 rings (SSSR count). The Morgan fingerprint density at radius 2 is 2.15 bits per heavy atom. The number of Topliss-reactive ketones (excluding diaryl/α,β-unsaturated/α-hetero) is 1. The van der Waals surface area contributed by atoms with Crippen molar-refractivity contribution in [1.82, 2.24) is 9.55 Å². The summed E-state index contributed by atoms with van der Waals surface area (Å²) in [5.41, 5.74) is 4.72. The first-order valence-electron chi connectivity index (χ1n) is 8.82. The van der Waals surface area contributed by atoms with Gasteiger partial charge in [-0.05, 0) is 42.5 Å². The second-order valence-corrected chi connectivity index (χ2v) is 7.99. The van der Waals surface area contributed by atoms with Crippen molar-refractivity contribution < 1.29 is 4.79 Å². The first kappa shape index (κ1) is 16.9. The zero-order chi connectivity index (χ0) is 18.3. The molecule has 3 aromatic rings. The van der Waals surface area contributed by atoms with Gasteiger partial charge in [0.25, 0.3) is 5.56 Å². The fourth-order valence-electron chi connectivity index (χ4n) is 3.44. The molecule has 132 valence electrons. The molecule has 0 atom stereocenters. The van der Waals surface area contributed by atoms with Crippen LogP contribution in [-0.4, -0.2) is 15.3 Å². The molecule has 0 unspecified atom stereocenters. The summed E-state index contributed by atoms with van der Waals surface area (Å²) in [6, 6.07) is 8.09. The Morgan fingerprint density at radius 1 is 1.31 bits per heavy atom. The summed E-state index contributed by atoms with van der Waals surface area (Å²) < 4.78 is 1.42. The predicted molar refractivity (Wildman–Crippen MR) is 106 cm³/mol. The van der Waals surface area contributed by atoms with Gasteiger partial charge in [-0.1, -0.05) is 36.8 Å². The van der Waals surface area contributed by atoms with Crippen LogP contribution in [0.3, 0.4) is 0 Å². The van der Waals surface area contributed by atoms with Crippen LogP contribution in [0.15, 0.2) is 41.0 Å². The molecule has 0 radical (unpaired) electrons. The number of allylic oxidation sites excluding steroid dienone is 1. The van der Waals surface area contributed by atoms with Crippen LogP contribution in [0.25, 0.3) is 16.3 Å². The molecular formula is C21H20N2O2S. The van der Waals surface area contributed by atoms with Crippen LogP contribution in [-0.2, 0) is 30.6 Å². The van der Waals surface area contributed by atoms with Crippen LogP contribution in [0.4, 0.5) is 0 Å². The number of carbonyl (C=O) groups excluding carboxylic acids is 1.